The molecule has 3 aromatic rings. The minimum Gasteiger partial charge on any atom is -0.459 e. The highest BCUT2D eigenvalue weighted by atomic mass is 16.3. The topological polar surface area (TPSA) is 74.6 Å². The van der Waals surface area contributed by atoms with E-state index in [4.69, 9.17) is 4.42 Å². The summed E-state index contributed by atoms with van der Waals surface area (Å²) in [6.45, 7) is 5.05. The average Bonchev–Trinajstić information content (AvgIpc) is 3.31. The predicted molar refractivity (Wildman–Crippen MR) is 126 cm³/mol. The lowest BCUT2D eigenvalue weighted by Gasteiger charge is -2.21. The van der Waals surface area contributed by atoms with Gasteiger partial charge in [0.05, 0.1) is 6.26 Å². The maximum atomic E-state index is 12.9. The molecule has 0 bridgehead atoms. The molecule has 0 saturated heterocycles. The molecule has 1 atom stereocenters. The van der Waals surface area contributed by atoms with Crippen LogP contribution in [0.5, 0.6) is 0 Å². The zero-order valence-corrected chi connectivity index (χ0v) is 19.1. The summed E-state index contributed by atoms with van der Waals surface area (Å²) in [6, 6.07) is 19.1. The molecule has 0 fully saturated rings. The Hall–Kier alpha value is -3.38. The molecule has 2 amide bonds. The van der Waals surface area contributed by atoms with Crippen molar-refractivity contribution in [3.63, 3.8) is 0 Å². The third kappa shape index (κ3) is 6.08. The second kappa shape index (κ2) is 10.8. The van der Waals surface area contributed by atoms with Gasteiger partial charge in [-0.25, -0.2) is 0 Å². The zero-order chi connectivity index (χ0) is 23.1. The summed E-state index contributed by atoms with van der Waals surface area (Å²) in [5.74, 6) is -0.516. The maximum Gasteiger partial charge on any atom is 0.287 e. The van der Waals surface area contributed by atoms with Crippen LogP contribution in [0.25, 0.3) is 11.1 Å². The van der Waals surface area contributed by atoms with Gasteiger partial charge in [-0.15, -0.1) is 0 Å². The first-order valence-electron chi connectivity index (χ1n) is 10.8. The van der Waals surface area contributed by atoms with E-state index in [0.717, 1.165) is 23.2 Å². The van der Waals surface area contributed by atoms with Gasteiger partial charge in [-0.1, -0.05) is 62.4 Å². The molecule has 0 aliphatic carbocycles. The van der Waals surface area contributed by atoms with Crippen molar-refractivity contribution in [3.8, 4) is 11.1 Å². The van der Waals surface area contributed by atoms with Crippen molar-refractivity contribution in [2.24, 2.45) is 5.92 Å². The van der Waals surface area contributed by atoms with Crippen molar-refractivity contribution >= 4 is 11.8 Å². The second-order valence-corrected chi connectivity index (χ2v) is 8.48. The molecule has 0 radical (unpaired) electrons. The Morgan fingerprint density at radius 3 is 2.31 bits per heavy atom. The van der Waals surface area contributed by atoms with Crippen LogP contribution in [0.15, 0.2) is 71.3 Å². The number of hydrogen-bond donors (Lipinski definition) is 2. The Kier molecular flexibility index (Phi) is 7.84. The number of benzene rings is 2. The van der Waals surface area contributed by atoms with Crippen LogP contribution in [0.2, 0.25) is 0 Å². The largest absolute Gasteiger partial charge is 0.459 e. The number of carbonyl (C=O) groups is 2. The molecule has 1 heterocycles. The SMILES string of the molecule is CC(C)[C@H](NC(=O)c1ccco1)C(=O)NCc1ccccc1-c1ccc(CN(C)C)cc1. The Labute approximate surface area is 189 Å². The molecule has 168 valence electrons. The number of rotatable bonds is 9. The third-order valence-corrected chi connectivity index (χ3v) is 5.21. The van der Waals surface area contributed by atoms with Crippen molar-refractivity contribution in [3.05, 3.63) is 83.8 Å². The first-order valence-corrected chi connectivity index (χ1v) is 10.8. The van der Waals surface area contributed by atoms with E-state index in [0.29, 0.717) is 6.54 Å². The van der Waals surface area contributed by atoms with E-state index < -0.39 is 11.9 Å². The van der Waals surface area contributed by atoms with Crippen molar-refractivity contribution in [1.82, 2.24) is 15.5 Å². The molecule has 0 unspecified atom stereocenters. The van der Waals surface area contributed by atoms with Gasteiger partial charge in [-0.05, 0) is 54.4 Å². The maximum absolute atomic E-state index is 12.9. The molecule has 2 N–H and O–H groups in total. The number of hydrogen-bond acceptors (Lipinski definition) is 4. The minimum atomic E-state index is -0.662. The molecule has 0 spiro atoms. The molecule has 0 aliphatic heterocycles. The van der Waals surface area contributed by atoms with Crippen LogP contribution >= 0.6 is 0 Å². The summed E-state index contributed by atoms with van der Waals surface area (Å²) in [7, 11) is 4.10. The number of nitrogens with zero attached hydrogens (tertiary/aromatic N) is 1. The first-order chi connectivity index (χ1) is 15.3. The smallest absolute Gasteiger partial charge is 0.287 e. The zero-order valence-electron chi connectivity index (χ0n) is 19.1. The molecular weight excluding hydrogens is 402 g/mol. The Morgan fingerprint density at radius 2 is 1.69 bits per heavy atom. The summed E-state index contributed by atoms with van der Waals surface area (Å²) in [6.07, 6.45) is 1.43. The van der Waals surface area contributed by atoms with Gasteiger partial charge in [-0.2, -0.15) is 0 Å². The highest BCUT2D eigenvalue weighted by Crippen LogP contribution is 2.24. The molecule has 6 nitrogen and oxygen atoms in total. The van der Waals surface area contributed by atoms with Gasteiger partial charge < -0.3 is 20.0 Å². The van der Waals surface area contributed by atoms with E-state index in [9.17, 15) is 9.59 Å². The van der Waals surface area contributed by atoms with E-state index >= 15 is 0 Å². The fourth-order valence-corrected chi connectivity index (χ4v) is 3.56. The lowest BCUT2D eigenvalue weighted by molar-refractivity contribution is -0.124. The number of amides is 2. The summed E-state index contributed by atoms with van der Waals surface area (Å²) in [5, 5.41) is 5.76. The molecule has 32 heavy (non-hydrogen) atoms. The summed E-state index contributed by atoms with van der Waals surface area (Å²) >= 11 is 0. The third-order valence-electron chi connectivity index (χ3n) is 5.21. The van der Waals surface area contributed by atoms with E-state index in [1.807, 2.05) is 46.1 Å². The lowest BCUT2D eigenvalue weighted by atomic mass is 9.98. The van der Waals surface area contributed by atoms with Crippen LogP contribution in [0, 0.1) is 5.92 Å². The first kappa shape index (κ1) is 23.3. The lowest BCUT2D eigenvalue weighted by Crippen LogP contribution is -2.49. The normalized spacial score (nSPS) is 12.1. The Morgan fingerprint density at radius 1 is 0.969 bits per heavy atom. The van der Waals surface area contributed by atoms with Gasteiger partial charge in [0.1, 0.15) is 6.04 Å². The van der Waals surface area contributed by atoms with Crippen LogP contribution in [-0.4, -0.2) is 36.9 Å². The summed E-state index contributed by atoms with van der Waals surface area (Å²) < 4.78 is 5.13. The van der Waals surface area contributed by atoms with Gasteiger partial charge in [0.25, 0.3) is 5.91 Å². The Balaban J connectivity index is 1.69. The number of nitrogens with one attached hydrogen (secondary N) is 2. The fraction of sp³-hybridized carbons (Fsp3) is 0.308. The van der Waals surface area contributed by atoms with Gasteiger partial charge >= 0.3 is 0 Å². The van der Waals surface area contributed by atoms with Crippen LogP contribution in [0.1, 0.15) is 35.5 Å². The van der Waals surface area contributed by atoms with Gasteiger partial charge in [0, 0.05) is 13.1 Å². The number of furan rings is 1. The molecule has 1 aromatic heterocycles. The Bertz CT molecular complexity index is 1020. The summed E-state index contributed by atoms with van der Waals surface area (Å²) in [5.41, 5.74) is 4.44. The molecule has 0 aliphatic rings. The van der Waals surface area contributed by atoms with Crippen molar-refractivity contribution in [1.29, 1.82) is 0 Å². The van der Waals surface area contributed by atoms with E-state index in [1.165, 1.54) is 11.8 Å². The van der Waals surface area contributed by atoms with Crippen LogP contribution in [0.4, 0.5) is 0 Å². The summed E-state index contributed by atoms with van der Waals surface area (Å²) in [4.78, 5) is 27.4. The van der Waals surface area contributed by atoms with E-state index in [2.05, 4.69) is 45.9 Å². The minimum absolute atomic E-state index is 0.0756. The van der Waals surface area contributed by atoms with Gasteiger partial charge in [-0.3, -0.25) is 9.59 Å². The molecule has 2 aromatic carbocycles. The predicted octanol–water partition coefficient (Wildman–Crippen LogP) is 4.08. The highest BCUT2D eigenvalue weighted by molar-refractivity contribution is 5.95. The molecular formula is C26H31N3O3. The number of carbonyl (C=O) groups excluding carboxylic acids is 2. The molecule has 6 heteroatoms. The highest BCUT2D eigenvalue weighted by Gasteiger charge is 2.25. The van der Waals surface area contributed by atoms with Gasteiger partial charge in [0.2, 0.25) is 5.91 Å². The standard InChI is InChI=1S/C26H31N3O3/c1-18(2)24(28-25(30)23-10-7-15-32-23)26(31)27-16-21-8-5-6-9-22(21)20-13-11-19(12-14-20)17-29(3)4/h5-15,18,24H,16-17H2,1-4H3,(H,27,31)(H,28,30)/t24-/m0/s1. The van der Waals surface area contributed by atoms with E-state index in [1.54, 1.807) is 12.1 Å². The van der Waals surface area contributed by atoms with E-state index in [-0.39, 0.29) is 17.6 Å². The van der Waals surface area contributed by atoms with Crippen LogP contribution in [-0.2, 0) is 17.9 Å². The van der Waals surface area contributed by atoms with Crippen molar-refractivity contribution < 1.29 is 14.0 Å². The van der Waals surface area contributed by atoms with Gasteiger partial charge in [0.15, 0.2) is 5.76 Å². The quantitative estimate of drug-likeness (QED) is 0.533. The molecule has 3 rings (SSSR count). The van der Waals surface area contributed by atoms with Crippen LogP contribution < -0.4 is 10.6 Å². The monoisotopic (exact) mass is 433 g/mol. The average molecular weight is 434 g/mol. The van der Waals surface area contributed by atoms with Crippen LogP contribution in [0.3, 0.4) is 0 Å². The van der Waals surface area contributed by atoms with Crippen molar-refractivity contribution in [2.75, 3.05) is 14.1 Å². The molecule has 0 saturated carbocycles. The van der Waals surface area contributed by atoms with Crippen molar-refractivity contribution in [2.45, 2.75) is 33.0 Å². The second-order valence-electron chi connectivity index (χ2n) is 8.48. The fourth-order valence-electron chi connectivity index (χ4n) is 3.56.